The number of benzene rings is 5. The van der Waals surface area contributed by atoms with Gasteiger partial charge in [0.25, 0.3) is 0 Å². The molecule has 10 rings (SSSR count). The van der Waals surface area contributed by atoms with E-state index in [0.717, 1.165) is 0 Å². The van der Waals surface area contributed by atoms with E-state index in [-0.39, 0.29) is 0 Å². The summed E-state index contributed by atoms with van der Waals surface area (Å²) in [7, 11) is 2.21. The second kappa shape index (κ2) is 6.79. The zero-order chi connectivity index (χ0) is 25.4. The van der Waals surface area contributed by atoms with Crippen LogP contribution in [0.25, 0.3) is 86.0 Å². The van der Waals surface area contributed by atoms with E-state index < -0.39 is 0 Å². The van der Waals surface area contributed by atoms with Crippen LogP contribution in [-0.4, -0.2) is 13.5 Å². The molecule has 0 N–H and O–H groups in total. The van der Waals surface area contributed by atoms with Crippen LogP contribution in [0, 0.1) is 0 Å². The van der Waals surface area contributed by atoms with Gasteiger partial charge in [0.2, 0.25) is 0 Å². The SMILES string of the molecule is Cn1c2cccc3c2c2c1ccc1c4c5ccccc5sc4n(c12)c1c3c2ccccc2n1-c1ccccc1. The third kappa shape index (κ3) is 2.24. The van der Waals surface area contributed by atoms with E-state index in [9.17, 15) is 0 Å². The Morgan fingerprint density at radius 2 is 1.23 bits per heavy atom. The molecule has 0 saturated carbocycles. The zero-order valence-electron chi connectivity index (χ0n) is 21.1. The van der Waals surface area contributed by atoms with Gasteiger partial charge in [-0.15, -0.1) is 11.3 Å². The Bertz CT molecular complexity index is 2610. The number of aryl methyl sites for hydroxylation is 1. The fourth-order valence-corrected chi connectivity index (χ4v) is 8.48. The molecule has 182 valence electrons. The lowest BCUT2D eigenvalue weighted by Crippen LogP contribution is -1.97. The topological polar surface area (TPSA) is 14.3 Å². The number of thiophene rings is 1. The van der Waals surface area contributed by atoms with Gasteiger partial charge in [0, 0.05) is 60.7 Å². The van der Waals surface area contributed by atoms with Crippen molar-refractivity contribution in [3.05, 3.63) is 109 Å². The Labute approximate surface area is 226 Å². The number of hydrogen-bond donors (Lipinski definition) is 0. The van der Waals surface area contributed by atoms with Crippen LogP contribution in [0.1, 0.15) is 0 Å². The second-order valence-electron chi connectivity index (χ2n) is 10.6. The molecular weight excluding hydrogens is 494 g/mol. The summed E-state index contributed by atoms with van der Waals surface area (Å²) in [4.78, 5) is 1.31. The van der Waals surface area contributed by atoms with E-state index in [2.05, 4.69) is 130 Å². The second-order valence-corrected chi connectivity index (χ2v) is 11.6. The average Bonchev–Trinajstić information content (AvgIpc) is 3.67. The van der Waals surface area contributed by atoms with E-state index in [1.807, 2.05) is 11.3 Å². The zero-order valence-corrected chi connectivity index (χ0v) is 22.0. The Morgan fingerprint density at radius 3 is 2.13 bits per heavy atom. The predicted octanol–water partition coefficient (Wildman–Crippen LogP) is 9.64. The Kier molecular flexibility index (Phi) is 3.52. The van der Waals surface area contributed by atoms with E-state index in [1.54, 1.807) is 0 Å². The summed E-state index contributed by atoms with van der Waals surface area (Å²) in [6, 6.07) is 40.1. The number of rotatable bonds is 1. The van der Waals surface area contributed by atoms with Crippen molar-refractivity contribution in [2.24, 2.45) is 7.05 Å². The first-order valence-electron chi connectivity index (χ1n) is 13.4. The van der Waals surface area contributed by atoms with Gasteiger partial charge in [0.15, 0.2) is 0 Å². The van der Waals surface area contributed by atoms with Crippen LogP contribution < -0.4 is 0 Å². The van der Waals surface area contributed by atoms with Crippen molar-refractivity contribution >= 4 is 91.7 Å². The van der Waals surface area contributed by atoms with Gasteiger partial charge in [0.1, 0.15) is 10.5 Å². The minimum absolute atomic E-state index is 1.18. The fourth-order valence-electron chi connectivity index (χ4n) is 7.26. The molecule has 0 aliphatic carbocycles. The summed E-state index contributed by atoms with van der Waals surface area (Å²) in [5.41, 5.74) is 7.51. The van der Waals surface area contributed by atoms with Crippen LogP contribution in [0.15, 0.2) is 109 Å². The molecule has 5 heterocycles. The lowest BCUT2D eigenvalue weighted by molar-refractivity contribution is 1.01. The van der Waals surface area contributed by atoms with Gasteiger partial charge in [-0.1, -0.05) is 72.8 Å². The molecule has 0 saturated heterocycles. The average molecular weight is 516 g/mol. The minimum Gasteiger partial charge on any atom is -0.344 e. The van der Waals surface area contributed by atoms with Crippen molar-refractivity contribution in [2.75, 3.05) is 0 Å². The van der Waals surface area contributed by atoms with Gasteiger partial charge < -0.3 is 4.57 Å². The van der Waals surface area contributed by atoms with Gasteiger partial charge in [-0.3, -0.25) is 8.97 Å². The van der Waals surface area contributed by atoms with E-state index in [4.69, 9.17) is 0 Å². The van der Waals surface area contributed by atoms with Crippen molar-refractivity contribution < 1.29 is 0 Å². The maximum Gasteiger partial charge on any atom is 0.132 e. The van der Waals surface area contributed by atoms with Gasteiger partial charge in [-0.25, -0.2) is 0 Å². The first-order valence-corrected chi connectivity index (χ1v) is 14.2. The highest BCUT2D eigenvalue weighted by molar-refractivity contribution is 7.25. The first kappa shape index (κ1) is 20.2. The highest BCUT2D eigenvalue weighted by atomic mass is 32.1. The Morgan fingerprint density at radius 1 is 0.513 bits per heavy atom. The molecule has 0 atom stereocenters. The number of aromatic nitrogens is 3. The molecular formula is C35H21N3S. The van der Waals surface area contributed by atoms with Crippen LogP contribution >= 0.6 is 11.3 Å². The van der Waals surface area contributed by atoms with Crippen LogP contribution in [0.2, 0.25) is 0 Å². The molecule has 0 aliphatic rings. The van der Waals surface area contributed by atoms with Crippen molar-refractivity contribution in [3.8, 4) is 5.69 Å². The molecule has 5 aromatic carbocycles. The third-order valence-corrected chi connectivity index (χ3v) is 9.95. The van der Waals surface area contributed by atoms with Crippen LogP contribution in [0.3, 0.4) is 0 Å². The largest absolute Gasteiger partial charge is 0.344 e. The quantitative estimate of drug-likeness (QED) is 0.207. The van der Waals surface area contributed by atoms with Crippen molar-refractivity contribution in [3.63, 3.8) is 0 Å². The van der Waals surface area contributed by atoms with Crippen LogP contribution in [0.4, 0.5) is 0 Å². The minimum atomic E-state index is 1.18. The molecule has 0 spiro atoms. The predicted molar refractivity (Wildman–Crippen MR) is 167 cm³/mol. The molecule has 0 radical (unpaired) electrons. The molecule has 4 heteroatoms. The maximum absolute atomic E-state index is 2.60. The van der Waals surface area contributed by atoms with Gasteiger partial charge >= 0.3 is 0 Å². The highest BCUT2D eigenvalue weighted by Crippen LogP contribution is 2.49. The van der Waals surface area contributed by atoms with E-state index in [0.29, 0.717) is 0 Å². The molecule has 0 fully saturated rings. The van der Waals surface area contributed by atoms with E-state index in [1.165, 1.54) is 86.0 Å². The normalized spacial score (nSPS) is 12.7. The lowest BCUT2D eigenvalue weighted by Gasteiger charge is -2.09. The third-order valence-electron chi connectivity index (χ3n) is 8.79. The Hall–Kier alpha value is -4.80. The highest BCUT2D eigenvalue weighted by Gasteiger charge is 2.26. The lowest BCUT2D eigenvalue weighted by atomic mass is 10.0. The molecule has 0 bridgehead atoms. The number of hydrogen-bond acceptors (Lipinski definition) is 1. The maximum atomic E-state index is 2.60. The van der Waals surface area contributed by atoms with Crippen molar-refractivity contribution in [2.45, 2.75) is 0 Å². The monoisotopic (exact) mass is 515 g/mol. The van der Waals surface area contributed by atoms with Crippen LogP contribution in [-0.2, 0) is 7.05 Å². The fraction of sp³-hybridized carbons (Fsp3) is 0.0286. The van der Waals surface area contributed by atoms with E-state index >= 15 is 0 Å². The number of nitrogens with zero attached hydrogens (tertiary/aromatic N) is 3. The van der Waals surface area contributed by atoms with Gasteiger partial charge in [0.05, 0.1) is 16.6 Å². The smallest absolute Gasteiger partial charge is 0.132 e. The Balaban J connectivity index is 1.69. The summed E-state index contributed by atoms with van der Waals surface area (Å²) in [6.07, 6.45) is 0. The number of fused-ring (bicyclic) bond motifs is 10. The van der Waals surface area contributed by atoms with Crippen LogP contribution in [0.5, 0.6) is 0 Å². The van der Waals surface area contributed by atoms with Gasteiger partial charge in [-0.05, 0) is 41.8 Å². The van der Waals surface area contributed by atoms with Gasteiger partial charge in [-0.2, -0.15) is 0 Å². The molecule has 5 aromatic heterocycles. The molecule has 39 heavy (non-hydrogen) atoms. The number of para-hydroxylation sites is 2. The molecule has 10 aromatic rings. The standard InChI is InChI=1S/C35H21N3S/c1-36-26-16-9-14-23-29-21-12-5-7-15-25(21)37(20-10-3-2-4-11-20)34(29)38-33-24(18-19-27(36)32(33)31(23)26)30-22-13-6-8-17-28(22)39-35(30)38/h2-19H,1H3. The molecule has 0 amide bonds. The summed E-state index contributed by atoms with van der Waals surface area (Å²) in [5, 5.41) is 10.6. The molecule has 0 aliphatic heterocycles. The van der Waals surface area contributed by atoms with Crippen molar-refractivity contribution in [1.82, 2.24) is 13.5 Å². The molecule has 0 unspecified atom stereocenters. The summed E-state index contributed by atoms with van der Waals surface area (Å²) < 4.78 is 8.78. The van der Waals surface area contributed by atoms with Crippen molar-refractivity contribution in [1.29, 1.82) is 0 Å². The summed E-state index contributed by atoms with van der Waals surface area (Å²) >= 11 is 1.91. The first-order chi connectivity index (χ1) is 19.3. The molecule has 3 nitrogen and oxygen atoms in total. The summed E-state index contributed by atoms with van der Waals surface area (Å²) in [6.45, 7) is 0. The summed E-state index contributed by atoms with van der Waals surface area (Å²) in [5.74, 6) is 0.